The molecule has 0 aromatic carbocycles. The molecule has 20 heavy (non-hydrogen) atoms. The molecule has 0 spiro atoms. The third kappa shape index (κ3) is 18.6. The summed E-state index contributed by atoms with van der Waals surface area (Å²) in [7, 11) is 0. The second kappa shape index (κ2) is 17.6. The van der Waals surface area contributed by atoms with Crippen molar-refractivity contribution >= 4 is 63.3 Å². The summed E-state index contributed by atoms with van der Waals surface area (Å²) in [6.45, 7) is 2.58. The minimum atomic E-state index is -1.13. The first-order valence-corrected chi connectivity index (χ1v) is 7.54. The summed E-state index contributed by atoms with van der Waals surface area (Å²) in [6, 6.07) is 0. The van der Waals surface area contributed by atoms with Crippen LogP contribution in [-0.4, -0.2) is 75.0 Å². The van der Waals surface area contributed by atoms with Crippen LogP contribution in [0.5, 0.6) is 0 Å². The van der Waals surface area contributed by atoms with Gasteiger partial charge in [-0.2, -0.15) is 0 Å². The molecule has 0 bridgehead atoms. The van der Waals surface area contributed by atoms with Crippen molar-refractivity contribution in [2.75, 3.05) is 6.61 Å². The molecule has 0 aromatic heterocycles. The summed E-state index contributed by atoms with van der Waals surface area (Å²) in [5, 5.41) is 8.36. The van der Waals surface area contributed by atoms with Gasteiger partial charge in [-0.3, -0.25) is 9.59 Å². The zero-order chi connectivity index (χ0) is 14.3. The van der Waals surface area contributed by atoms with E-state index >= 15 is 0 Å². The van der Waals surface area contributed by atoms with Crippen LogP contribution in [0.4, 0.5) is 0 Å². The number of carboxylic acids is 1. The van der Waals surface area contributed by atoms with Crippen molar-refractivity contribution in [3.8, 4) is 0 Å². The number of aliphatic carboxylic acids is 1. The zero-order valence-electron chi connectivity index (χ0n) is 12.2. The summed E-state index contributed by atoms with van der Waals surface area (Å²) in [5.41, 5.74) is 0. The average Bonchev–Trinajstić information content (AvgIpc) is 2.35. The molecule has 0 rings (SSSR count). The van der Waals surface area contributed by atoms with Gasteiger partial charge >= 0.3 is 63.3 Å². The van der Waals surface area contributed by atoms with Crippen molar-refractivity contribution < 1.29 is 19.4 Å². The first-order chi connectivity index (χ1) is 9.16. The SMILES string of the molecule is CCCCCCCCCCCCOC(=O)CC(=O)O.[KH]. The molecule has 0 saturated carbocycles. The molecule has 0 unspecified atom stereocenters. The fourth-order valence-electron chi connectivity index (χ4n) is 1.95. The Hall–Kier alpha value is 0.576. The van der Waals surface area contributed by atoms with E-state index in [1.165, 1.54) is 51.4 Å². The number of esters is 1. The van der Waals surface area contributed by atoms with E-state index in [4.69, 9.17) is 9.84 Å². The summed E-state index contributed by atoms with van der Waals surface area (Å²) in [6.07, 6.45) is 11.7. The van der Waals surface area contributed by atoms with E-state index in [9.17, 15) is 9.59 Å². The molecule has 0 saturated heterocycles. The van der Waals surface area contributed by atoms with Crippen LogP contribution < -0.4 is 0 Å². The van der Waals surface area contributed by atoms with Gasteiger partial charge in [0.25, 0.3) is 0 Å². The van der Waals surface area contributed by atoms with Crippen LogP contribution in [0.25, 0.3) is 0 Å². The van der Waals surface area contributed by atoms with Crippen LogP contribution in [0.3, 0.4) is 0 Å². The van der Waals surface area contributed by atoms with E-state index in [2.05, 4.69) is 6.92 Å². The molecule has 4 nitrogen and oxygen atoms in total. The fraction of sp³-hybridized carbons (Fsp3) is 0.867. The molecule has 0 heterocycles. The van der Waals surface area contributed by atoms with Gasteiger partial charge in [-0.25, -0.2) is 0 Å². The number of hydrogen-bond donors (Lipinski definition) is 1. The standard InChI is InChI=1S/C15H28O4.K.H/c1-2-3-4-5-6-7-8-9-10-11-12-19-15(18)13-14(16)17;;/h2-13H2,1H3,(H,16,17);;. The Morgan fingerprint density at radius 1 is 0.850 bits per heavy atom. The molecule has 0 atom stereocenters. The van der Waals surface area contributed by atoms with Crippen LogP contribution in [0.1, 0.15) is 77.6 Å². The van der Waals surface area contributed by atoms with Crippen molar-refractivity contribution in [1.82, 2.24) is 0 Å². The predicted octanol–water partition coefficient (Wildman–Crippen LogP) is 3.28. The Kier molecular flexibility index (Phi) is 20.1. The number of carboxylic acid groups (broad SMARTS) is 1. The molecule has 0 aliphatic rings. The first kappa shape index (κ1) is 22.9. The predicted molar refractivity (Wildman–Crippen MR) is 82.2 cm³/mol. The Morgan fingerprint density at radius 2 is 1.30 bits per heavy atom. The molecule has 0 aliphatic carbocycles. The molecule has 5 heteroatoms. The van der Waals surface area contributed by atoms with Gasteiger partial charge in [-0.15, -0.1) is 0 Å². The van der Waals surface area contributed by atoms with Crippen molar-refractivity contribution in [1.29, 1.82) is 0 Å². The topological polar surface area (TPSA) is 63.6 Å². The molecule has 0 aromatic rings. The molecule has 0 amide bonds. The summed E-state index contributed by atoms with van der Waals surface area (Å²) in [4.78, 5) is 21.1. The van der Waals surface area contributed by atoms with Gasteiger partial charge in [0.2, 0.25) is 0 Å². The molecule has 0 fully saturated rings. The van der Waals surface area contributed by atoms with E-state index < -0.39 is 18.4 Å². The van der Waals surface area contributed by atoms with Gasteiger partial charge in [0.05, 0.1) is 6.61 Å². The zero-order valence-corrected chi connectivity index (χ0v) is 12.2. The molecule has 0 aliphatic heterocycles. The number of hydrogen-bond acceptors (Lipinski definition) is 3. The maximum absolute atomic E-state index is 10.9. The number of carbonyl (C=O) groups is 2. The number of carbonyl (C=O) groups excluding carboxylic acids is 1. The first-order valence-electron chi connectivity index (χ1n) is 7.54. The van der Waals surface area contributed by atoms with Crippen LogP contribution >= 0.6 is 0 Å². The second-order valence-corrected chi connectivity index (χ2v) is 4.97. The van der Waals surface area contributed by atoms with Crippen LogP contribution in [-0.2, 0) is 14.3 Å². The Morgan fingerprint density at radius 3 is 1.75 bits per heavy atom. The van der Waals surface area contributed by atoms with Gasteiger partial charge in [0.1, 0.15) is 6.42 Å². The molecular formula is C15H29KO4. The summed E-state index contributed by atoms with van der Waals surface area (Å²) < 4.78 is 4.81. The van der Waals surface area contributed by atoms with Gasteiger partial charge in [-0.1, -0.05) is 64.7 Å². The van der Waals surface area contributed by atoms with Crippen LogP contribution in [0.15, 0.2) is 0 Å². The van der Waals surface area contributed by atoms with Crippen molar-refractivity contribution in [3.05, 3.63) is 0 Å². The van der Waals surface area contributed by atoms with Crippen molar-refractivity contribution in [2.45, 2.75) is 77.6 Å². The fourth-order valence-corrected chi connectivity index (χ4v) is 1.95. The molecule has 114 valence electrons. The van der Waals surface area contributed by atoms with Crippen LogP contribution in [0, 0.1) is 0 Å². The monoisotopic (exact) mass is 312 g/mol. The van der Waals surface area contributed by atoms with Crippen LogP contribution in [0.2, 0.25) is 0 Å². The number of unbranched alkanes of at least 4 members (excludes halogenated alkanes) is 9. The van der Waals surface area contributed by atoms with E-state index in [0.29, 0.717) is 6.61 Å². The molecule has 1 N–H and O–H groups in total. The van der Waals surface area contributed by atoms with Gasteiger partial charge < -0.3 is 9.84 Å². The Bertz CT molecular complexity index is 244. The normalized spacial score (nSPS) is 9.85. The van der Waals surface area contributed by atoms with E-state index in [-0.39, 0.29) is 51.4 Å². The maximum atomic E-state index is 10.9. The molecular weight excluding hydrogens is 283 g/mol. The van der Waals surface area contributed by atoms with E-state index in [1.54, 1.807) is 0 Å². The summed E-state index contributed by atoms with van der Waals surface area (Å²) in [5.74, 6) is -1.77. The Balaban J connectivity index is 0. The van der Waals surface area contributed by atoms with E-state index in [0.717, 1.165) is 12.8 Å². The van der Waals surface area contributed by atoms with E-state index in [1.807, 2.05) is 0 Å². The Labute approximate surface area is 165 Å². The third-order valence-corrected chi connectivity index (χ3v) is 3.06. The summed E-state index contributed by atoms with van der Waals surface area (Å²) >= 11 is 0. The third-order valence-electron chi connectivity index (χ3n) is 3.06. The van der Waals surface area contributed by atoms with Crippen molar-refractivity contribution in [2.24, 2.45) is 0 Å². The minimum absolute atomic E-state index is 0. The van der Waals surface area contributed by atoms with Gasteiger partial charge in [0, 0.05) is 0 Å². The second-order valence-electron chi connectivity index (χ2n) is 4.97. The quantitative estimate of drug-likeness (QED) is 0.245. The van der Waals surface area contributed by atoms with Gasteiger partial charge in [0.15, 0.2) is 0 Å². The number of rotatable bonds is 13. The van der Waals surface area contributed by atoms with Crippen molar-refractivity contribution in [3.63, 3.8) is 0 Å². The molecule has 0 radical (unpaired) electrons. The van der Waals surface area contributed by atoms with Gasteiger partial charge in [-0.05, 0) is 6.42 Å². The number of ether oxygens (including phenoxy) is 1. The average molecular weight is 312 g/mol.